The van der Waals surface area contributed by atoms with Crippen LogP contribution in [0.1, 0.15) is 17.1 Å². The molecule has 2 rings (SSSR count). The van der Waals surface area contributed by atoms with Crippen molar-refractivity contribution in [1.29, 1.82) is 0 Å². The molecule has 0 aliphatic rings. The molecule has 0 unspecified atom stereocenters. The van der Waals surface area contributed by atoms with Crippen LogP contribution in [0.3, 0.4) is 0 Å². The van der Waals surface area contributed by atoms with E-state index in [1.165, 1.54) is 0 Å². The highest BCUT2D eigenvalue weighted by Gasteiger charge is 2.04. The van der Waals surface area contributed by atoms with Gasteiger partial charge >= 0.3 is 0 Å². The highest BCUT2D eigenvalue weighted by atomic mass is 35.5. The maximum atomic E-state index is 6.08. The van der Waals surface area contributed by atoms with Gasteiger partial charge in [-0.2, -0.15) is 0 Å². The summed E-state index contributed by atoms with van der Waals surface area (Å²) < 4.78 is 5.45. The molecular weight excluding hydrogens is 257 g/mol. The standard InChI is InChI=1S/C13H13Cl2NO/c1-9-5-6-11(17-9)8-16-7-10-3-2-4-12(14)13(10)15/h2-6,16H,7-8H2,1H3. The van der Waals surface area contributed by atoms with E-state index in [1.54, 1.807) is 6.07 Å². The second-order valence-corrected chi connectivity index (χ2v) is 4.61. The average molecular weight is 270 g/mol. The summed E-state index contributed by atoms with van der Waals surface area (Å²) >= 11 is 12.0. The van der Waals surface area contributed by atoms with E-state index in [1.807, 2.05) is 31.2 Å². The second kappa shape index (κ2) is 5.58. The van der Waals surface area contributed by atoms with Crippen LogP contribution in [0, 0.1) is 6.92 Å². The van der Waals surface area contributed by atoms with Gasteiger partial charge in [0.2, 0.25) is 0 Å². The number of hydrogen-bond acceptors (Lipinski definition) is 2. The first-order valence-corrected chi connectivity index (χ1v) is 6.11. The summed E-state index contributed by atoms with van der Waals surface area (Å²) in [6.45, 7) is 3.27. The van der Waals surface area contributed by atoms with Crippen LogP contribution in [0.4, 0.5) is 0 Å². The lowest BCUT2D eigenvalue weighted by molar-refractivity contribution is 0.462. The molecule has 1 aromatic carbocycles. The van der Waals surface area contributed by atoms with Crippen molar-refractivity contribution >= 4 is 23.2 Å². The van der Waals surface area contributed by atoms with Gasteiger partial charge in [-0.25, -0.2) is 0 Å². The number of aryl methyl sites for hydroxylation is 1. The Morgan fingerprint density at radius 3 is 2.65 bits per heavy atom. The van der Waals surface area contributed by atoms with Crippen molar-refractivity contribution < 1.29 is 4.42 Å². The Morgan fingerprint density at radius 2 is 1.94 bits per heavy atom. The van der Waals surface area contributed by atoms with E-state index in [9.17, 15) is 0 Å². The number of benzene rings is 1. The van der Waals surface area contributed by atoms with E-state index in [4.69, 9.17) is 27.6 Å². The van der Waals surface area contributed by atoms with E-state index < -0.39 is 0 Å². The zero-order valence-electron chi connectivity index (χ0n) is 9.47. The third kappa shape index (κ3) is 3.25. The Morgan fingerprint density at radius 1 is 1.12 bits per heavy atom. The van der Waals surface area contributed by atoms with Crippen LogP contribution >= 0.6 is 23.2 Å². The third-order valence-electron chi connectivity index (χ3n) is 2.44. The van der Waals surface area contributed by atoms with Crippen LogP contribution < -0.4 is 5.32 Å². The molecule has 2 nitrogen and oxygen atoms in total. The highest BCUT2D eigenvalue weighted by molar-refractivity contribution is 6.42. The molecule has 1 aromatic heterocycles. The minimum absolute atomic E-state index is 0.583. The molecule has 0 bridgehead atoms. The van der Waals surface area contributed by atoms with E-state index in [2.05, 4.69) is 5.32 Å². The maximum Gasteiger partial charge on any atom is 0.117 e. The Hall–Kier alpha value is -0.960. The predicted molar refractivity (Wildman–Crippen MR) is 70.5 cm³/mol. The Balaban J connectivity index is 1.92. The number of furan rings is 1. The van der Waals surface area contributed by atoms with Crippen molar-refractivity contribution in [1.82, 2.24) is 5.32 Å². The smallest absolute Gasteiger partial charge is 0.117 e. The fourth-order valence-corrected chi connectivity index (χ4v) is 1.97. The van der Waals surface area contributed by atoms with Gasteiger partial charge in [0, 0.05) is 6.54 Å². The molecule has 0 amide bonds. The van der Waals surface area contributed by atoms with Gasteiger partial charge in [-0.3, -0.25) is 0 Å². The molecule has 1 heterocycles. The first kappa shape index (κ1) is 12.5. The molecule has 0 saturated carbocycles. The van der Waals surface area contributed by atoms with E-state index in [0.29, 0.717) is 23.1 Å². The molecule has 2 aromatic rings. The van der Waals surface area contributed by atoms with Crippen LogP contribution in [0.2, 0.25) is 10.0 Å². The minimum atomic E-state index is 0.583. The first-order valence-electron chi connectivity index (χ1n) is 5.36. The van der Waals surface area contributed by atoms with Crippen molar-refractivity contribution in [3.05, 3.63) is 57.5 Å². The number of rotatable bonds is 4. The zero-order chi connectivity index (χ0) is 12.3. The van der Waals surface area contributed by atoms with Gasteiger partial charge in [-0.05, 0) is 30.7 Å². The molecule has 0 saturated heterocycles. The molecule has 0 radical (unpaired) electrons. The topological polar surface area (TPSA) is 25.2 Å². The Kier molecular flexibility index (Phi) is 4.11. The van der Waals surface area contributed by atoms with E-state index >= 15 is 0 Å². The third-order valence-corrected chi connectivity index (χ3v) is 3.30. The molecule has 0 aliphatic heterocycles. The van der Waals surface area contributed by atoms with Crippen molar-refractivity contribution in [2.45, 2.75) is 20.0 Å². The molecule has 0 aliphatic carbocycles. The molecule has 0 fully saturated rings. The molecule has 4 heteroatoms. The SMILES string of the molecule is Cc1ccc(CNCc2cccc(Cl)c2Cl)o1. The van der Waals surface area contributed by atoms with Crippen molar-refractivity contribution in [2.24, 2.45) is 0 Å². The van der Waals surface area contributed by atoms with Crippen LogP contribution in [0.5, 0.6) is 0 Å². The van der Waals surface area contributed by atoms with Crippen LogP contribution in [-0.2, 0) is 13.1 Å². The monoisotopic (exact) mass is 269 g/mol. The molecule has 1 N–H and O–H groups in total. The van der Waals surface area contributed by atoms with Crippen LogP contribution in [0.15, 0.2) is 34.7 Å². The highest BCUT2D eigenvalue weighted by Crippen LogP contribution is 2.25. The summed E-state index contributed by atoms with van der Waals surface area (Å²) in [5.41, 5.74) is 0.988. The van der Waals surface area contributed by atoms with Gasteiger partial charge in [0.1, 0.15) is 11.5 Å². The molecule has 0 atom stereocenters. The average Bonchev–Trinajstić information content (AvgIpc) is 2.70. The summed E-state index contributed by atoms with van der Waals surface area (Å²) in [4.78, 5) is 0. The Bertz CT molecular complexity index is 508. The van der Waals surface area contributed by atoms with Crippen molar-refractivity contribution in [3.63, 3.8) is 0 Å². The molecule has 90 valence electrons. The molecule has 17 heavy (non-hydrogen) atoms. The lowest BCUT2D eigenvalue weighted by atomic mass is 10.2. The van der Waals surface area contributed by atoms with E-state index in [-0.39, 0.29) is 0 Å². The predicted octanol–water partition coefficient (Wildman–Crippen LogP) is 4.18. The molecular formula is C13H13Cl2NO. The fraction of sp³-hybridized carbons (Fsp3) is 0.231. The fourth-order valence-electron chi connectivity index (χ4n) is 1.59. The van der Waals surface area contributed by atoms with Gasteiger partial charge in [0.25, 0.3) is 0 Å². The summed E-state index contributed by atoms with van der Waals surface area (Å²) in [5.74, 6) is 1.84. The summed E-state index contributed by atoms with van der Waals surface area (Å²) in [6, 6.07) is 9.53. The Labute approximate surface area is 111 Å². The van der Waals surface area contributed by atoms with Gasteiger partial charge in [-0.1, -0.05) is 35.3 Å². The largest absolute Gasteiger partial charge is 0.465 e. The summed E-state index contributed by atoms with van der Waals surface area (Å²) in [7, 11) is 0. The zero-order valence-corrected chi connectivity index (χ0v) is 11.0. The number of halogens is 2. The van der Waals surface area contributed by atoms with Crippen molar-refractivity contribution in [2.75, 3.05) is 0 Å². The van der Waals surface area contributed by atoms with E-state index in [0.717, 1.165) is 17.1 Å². The quantitative estimate of drug-likeness (QED) is 0.901. The second-order valence-electron chi connectivity index (χ2n) is 3.83. The van der Waals surface area contributed by atoms with Gasteiger partial charge in [0.05, 0.1) is 16.6 Å². The van der Waals surface area contributed by atoms with Gasteiger partial charge < -0.3 is 9.73 Å². The first-order chi connectivity index (χ1) is 8.16. The molecule has 0 spiro atoms. The summed E-state index contributed by atoms with van der Waals surface area (Å²) in [5, 5.41) is 4.45. The van der Waals surface area contributed by atoms with Crippen LogP contribution in [-0.4, -0.2) is 0 Å². The lowest BCUT2D eigenvalue weighted by Crippen LogP contribution is -2.12. The van der Waals surface area contributed by atoms with Crippen LogP contribution in [0.25, 0.3) is 0 Å². The maximum absolute atomic E-state index is 6.08. The lowest BCUT2D eigenvalue weighted by Gasteiger charge is -2.06. The minimum Gasteiger partial charge on any atom is -0.465 e. The normalized spacial score (nSPS) is 10.8. The number of nitrogens with one attached hydrogen (secondary N) is 1. The van der Waals surface area contributed by atoms with Crippen molar-refractivity contribution in [3.8, 4) is 0 Å². The van der Waals surface area contributed by atoms with Gasteiger partial charge in [0.15, 0.2) is 0 Å². The van der Waals surface area contributed by atoms with Gasteiger partial charge in [-0.15, -0.1) is 0 Å². The summed E-state index contributed by atoms with van der Waals surface area (Å²) in [6.07, 6.45) is 0. The number of hydrogen-bond donors (Lipinski definition) is 1.